The molecule has 0 bridgehead atoms. The summed E-state index contributed by atoms with van der Waals surface area (Å²) in [5.74, 6) is 0.262. The van der Waals surface area contributed by atoms with E-state index in [1.807, 2.05) is 10.3 Å². The first kappa shape index (κ1) is 19.5. The Labute approximate surface area is 169 Å². The third-order valence-corrected chi connectivity index (χ3v) is 6.73. The number of piperazine rings is 1. The van der Waals surface area contributed by atoms with Gasteiger partial charge in [0, 0.05) is 50.4 Å². The van der Waals surface area contributed by atoms with Gasteiger partial charge in [-0.05, 0) is 32.9 Å². The molecular formula is C20H29N5O2S. The van der Waals surface area contributed by atoms with E-state index in [1.165, 1.54) is 37.0 Å². The number of aromatic nitrogens is 2. The predicted octanol–water partition coefficient (Wildman–Crippen LogP) is 1.66. The maximum absolute atomic E-state index is 12.9. The summed E-state index contributed by atoms with van der Waals surface area (Å²) in [6, 6.07) is 1.60. The van der Waals surface area contributed by atoms with Crippen molar-refractivity contribution >= 4 is 22.2 Å². The van der Waals surface area contributed by atoms with Crippen LogP contribution in [0.2, 0.25) is 0 Å². The molecule has 8 heteroatoms. The Morgan fingerprint density at radius 3 is 2.54 bits per heavy atom. The molecular weight excluding hydrogens is 374 g/mol. The van der Waals surface area contributed by atoms with E-state index < -0.39 is 0 Å². The lowest BCUT2D eigenvalue weighted by Gasteiger charge is -2.37. The van der Waals surface area contributed by atoms with Crippen molar-refractivity contribution in [2.45, 2.75) is 45.2 Å². The van der Waals surface area contributed by atoms with E-state index in [0.717, 1.165) is 49.9 Å². The highest BCUT2D eigenvalue weighted by Gasteiger charge is 2.29. The molecule has 2 aromatic rings. The molecule has 2 aromatic heterocycles. The maximum atomic E-state index is 12.9. The molecule has 1 atom stereocenters. The molecule has 4 rings (SSSR count). The van der Waals surface area contributed by atoms with Gasteiger partial charge in [0.2, 0.25) is 5.91 Å². The van der Waals surface area contributed by atoms with Crippen LogP contribution in [0.3, 0.4) is 0 Å². The molecule has 7 nitrogen and oxygen atoms in total. The molecule has 28 heavy (non-hydrogen) atoms. The number of thiazole rings is 1. The van der Waals surface area contributed by atoms with E-state index in [-0.39, 0.29) is 17.5 Å². The number of likely N-dealkylation sites (tertiary alicyclic amines) is 1. The standard InChI is InChI=1S/C20H29N5O2S/c1-16(23-6-4-2-3-5-7-23)19(27)24-10-8-22(9-11-24)15-17-14-18(26)25-12-13-28-20(25)21-17/h12-14,16H,2-11,15H2,1H3. The number of rotatable bonds is 4. The SMILES string of the molecule is CC(C(=O)N1CCN(Cc2cc(=O)n3ccsc3n2)CC1)N1CCCCCC1. The second-order valence-corrected chi connectivity index (χ2v) is 8.74. The van der Waals surface area contributed by atoms with Gasteiger partial charge in [-0.3, -0.25) is 23.8 Å². The number of amides is 1. The summed E-state index contributed by atoms with van der Waals surface area (Å²) in [7, 11) is 0. The minimum atomic E-state index is -0.0265. The lowest BCUT2D eigenvalue weighted by molar-refractivity contribution is -0.138. The quantitative estimate of drug-likeness (QED) is 0.777. The number of carbonyl (C=O) groups excluding carboxylic acids is 1. The zero-order valence-corrected chi connectivity index (χ0v) is 17.4. The van der Waals surface area contributed by atoms with Gasteiger partial charge in [0.25, 0.3) is 5.56 Å². The Kier molecular flexibility index (Phi) is 6.08. The van der Waals surface area contributed by atoms with Crippen LogP contribution in [0.25, 0.3) is 4.96 Å². The van der Waals surface area contributed by atoms with Gasteiger partial charge in [-0.15, -0.1) is 11.3 Å². The Hall–Kier alpha value is -1.77. The lowest BCUT2D eigenvalue weighted by atomic mass is 10.2. The average molecular weight is 404 g/mol. The highest BCUT2D eigenvalue weighted by molar-refractivity contribution is 7.15. The van der Waals surface area contributed by atoms with Gasteiger partial charge in [0.05, 0.1) is 11.7 Å². The fourth-order valence-electron chi connectivity index (χ4n) is 4.23. The van der Waals surface area contributed by atoms with Gasteiger partial charge in [0.1, 0.15) is 0 Å². The normalized spacial score (nSPS) is 21.0. The number of fused-ring (bicyclic) bond motifs is 1. The zero-order valence-electron chi connectivity index (χ0n) is 16.5. The van der Waals surface area contributed by atoms with Crippen LogP contribution in [-0.2, 0) is 11.3 Å². The number of hydrogen-bond acceptors (Lipinski definition) is 6. The van der Waals surface area contributed by atoms with Crippen molar-refractivity contribution in [3.8, 4) is 0 Å². The molecule has 1 unspecified atom stereocenters. The Morgan fingerprint density at radius 1 is 1.11 bits per heavy atom. The average Bonchev–Trinajstić information content (AvgIpc) is 3.01. The van der Waals surface area contributed by atoms with Crippen molar-refractivity contribution < 1.29 is 4.79 Å². The highest BCUT2D eigenvalue weighted by atomic mass is 32.1. The van der Waals surface area contributed by atoms with Gasteiger partial charge in [0.15, 0.2) is 4.96 Å². The first-order valence-electron chi connectivity index (χ1n) is 10.3. The summed E-state index contributed by atoms with van der Waals surface area (Å²) in [6.07, 6.45) is 6.73. The third-order valence-electron chi connectivity index (χ3n) is 5.97. The van der Waals surface area contributed by atoms with Gasteiger partial charge >= 0.3 is 0 Å². The minimum Gasteiger partial charge on any atom is -0.339 e. The van der Waals surface area contributed by atoms with Crippen LogP contribution in [-0.4, -0.2) is 75.3 Å². The van der Waals surface area contributed by atoms with Crippen LogP contribution < -0.4 is 5.56 Å². The molecule has 1 amide bonds. The Balaban J connectivity index is 1.32. The third kappa shape index (κ3) is 4.29. The van der Waals surface area contributed by atoms with Crippen molar-refractivity contribution in [3.05, 3.63) is 33.7 Å². The molecule has 2 saturated heterocycles. The Bertz CT molecular complexity index is 863. The number of carbonyl (C=O) groups is 1. The van der Waals surface area contributed by atoms with Crippen LogP contribution in [0.5, 0.6) is 0 Å². The summed E-state index contributed by atoms with van der Waals surface area (Å²) < 4.78 is 1.58. The van der Waals surface area contributed by atoms with Crippen molar-refractivity contribution in [1.29, 1.82) is 0 Å². The summed E-state index contributed by atoms with van der Waals surface area (Å²) in [4.78, 5) is 37.1. The summed E-state index contributed by atoms with van der Waals surface area (Å²) in [6.45, 7) is 7.95. The van der Waals surface area contributed by atoms with Crippen LogP contribution in [0.4, 0.5) is 0 Å². The van der Waals surface area contributed by atoms with E-state index in [4.69, 9.17) is 0 Å². The minimum absolute atomic E-state index is 0.0207. The van der Waals surface area contributed by atoms with Gasteiger partial charge < -0.3 is 4.90 Å². The van der Waals surface area contributed by atoms with E-state index in [2.05, 4.69) is 21.7 Å². The van der Waals surface area contributed by atoms with E-state index >= 15 is 0 Å². The molecule has 0 N–H and O–H groups in total. The molecule has 2 aliphatic rings. The van der Waals surface area contributed by atoms with Crippen molar-refractivity contribution in [2.75, 3.05) is 39.3 Å². The molecule has 4 heterocycles. The van der Waals surface area contributed by atoms with Crippen molar-refractivity contribution in [3.63, 3.8) is 0 Å². The predicted molar refractivity (Wildman–Crippen MR) is 111 cm³/mol. The largest absolute Gasteiger partial charge is 0.339 e. The molecule has 152 valence electrons. The second kappa shape index (κ2) is 8.71. The first-order chi connectivity index (χ1) is 13.6. The lowest BCUT2D eigenvalue weighted by Crippen LogP contribution is -2.54. The van der Waals surface area contributed by atoms with E-state index in [0.29, 0.717) is 6.54 Å². The van der Waals surface area contributed by atoms with Crippen LogP contribution in [0, 0.1) is 0 Å². The molecule has 2 aliphatic heterocycles. The maximum Gasteiger partial charge on any atom is 0.258 e. The molecule has 0 spiro atoms. The van der Waals surface area contributed by atoms with Gasteiger partial charge in [-0.1, -0.05) is 12.8 Å². The fraction of sp³-hybridized carbons (Fsp3) is 0.650. The molecule has 0 saturated carbocycles. The molecule has 0 radical (unpaired) electrons. The number of nitrogens with zero attached hydrogens (tertiary/aromatic N) is 5. The van der Waals surface area contributed by atoms with Crippen LogP contribution in [0.15, 0.2) is 22.4 Å². The first-order valence-corrected chi connectivity index (χ1v) is 11.2. The second-order valence-electron chi connectivity index (χ2n) is 7.87. The summed E-state index contributed by atoms with van der Waals surface area (Å²) >= 11 is 1.48. The van der Waals surface area contributed by atoms with Crippen molar-refractivity contribution in [1.82, 2.24) is 24.1 Å². The van der Waals surface area contributed by atoms with E-state index in [1.54, 1.807) is 16.7 Å². The number of hydrogen-bond donors (Lipinski definition) is 0. The highest BCUT2D eigenvalue weighted by Crippen LogP contribution is 2.16. The summed E-state index contributed by atoms with van der Waals surface area (Å²) in [5, 5.41) is 1.88. The van der Waals surface area contributed by atoms with Crippen LogP contribution in [0.1, 0.15) is 38.3 Å². The fourth-order valence-corrected chi connectivity index (χ4v) is 4.97. The van der Waals surface area contributed by atoms with Gasteiger partial charge in [-0.25, -0.2) is 4.98 Å². The summed E-state index contributed by atoms with van der Waals surface area (Å²) in [5.41, 5.74) is 0.784. The smallest absolute Gasteiger partial charge is 0.258 e. The van der Waals surface area contributed by atoms with Crippen molar-refractivity contribution in [2.24, 2.45) is 0 Å². The molecule has 2 fully saturated rings. The molecule has 0 aliphatic carbocycles. The topological polar surface area (TPSA) is 61.2 Å². The Morgan fingerprint density at radius 2 is 1.82 bits per heavy atom. The van der Waals surface area contributed by atoms with Crippen LogP contribution >= 0.6 is 11.3 Å². The zero-order chi connectivity index (χ0) is 19.5. The monoisotopic (exact) mass is 403 g/mol. The molecule has 0 aromatic carbocycles. The van der Waals surface area contributed by atoms with Gasteiger partial charge in [-0.2, -0.15) is 0 Å². The van der Waals surface area contributed by atoms with E-state index in [9.17, 15) is 9.59 Å².